The van der Waals surface area contributed by atoms with E-state index >= 15 is 0 Å². The van der Waals surface area contributed by atoms with E-state index in [0.29, 0.717) is 41.2 Å². The molecule has 182 valence electrons. The van der Waals surface area contributed by atoms with Crippen LogP contribution < -0.4 is 9.47 Å². The fourth-order valence-electron chi connectivity index (χ4n) is 4.73. The number of fused-ring (bicyclic) bond motifs is 2. The average Bonchev–Trinajstić information content (AvgIpc) is 3.65. The molecule has 1 aliphatic heterocycles. The monoisotopic (exact) mass is 501 g/mol. The third-order valence-corrected chi connectivity index (χ3v) is 7.15. The van der Waals surface area contributed by atoms with E-state index in [9.17, 15) is 9.90 Å². The molecule has 1 fully saturated rings. The second-order valence-corrected chi connectivity index (χ2v) is 9.78. The number of aromatic nitrogens is 1. The minimum Gasteiger partial charge on any atom is -0.489 e. The summed E-state index contributed by atoms with van der Waals surface area (Å²) in [4.78, 5) is 11.4. The van der Waals surface area contributed by atoms with Gasteiger partial charge in [-0.15, -0.1) is 0 Å². The predicted octanol–water partition coefficient (Wildman–Crippen LogP) is 7.35. The van der Waals surface area contributed by atoms with Crippen molar-refractivity contribution in [3.63, 3.8) is 0 Å². The van der Waals surface area contributed by atoms with E-state index in [1.807, 2.05) is 43.3 Å². The lowest BCUT2D eigenvalue weighted by Crippen LogP contribution is -2.01. The fraction of sp³-hybridized carbons (Fsp3) is 0.241. The molecular formula is C29H24ClNO5. The van der Waals surface area contributed by atoms with Gasteiger partial charge in [0, 0.05) is 17.5 Å². The van der Waals surface area contributed by atoms with Crippen molar-refractivity contribution in [3.8, 4) is 28.5 Å². The Labute approximate surface area is 213 Å². The standard InChI is InChI=1S/C29H24ClNO5/c1-16-3-2-4-23(30)26(16)27-22(28(36-31-27)18-6-7-18)15-34-21-11-9-17-5-8-19-13-20(29(32)33)10-12-24(19)35-25(17)14-21/h2-4,9-14,18H,5-8,15H2,1H3,(H,32,33). The molecule has 1 aliphatic carbocycles. The maximum absolute atomic E-state index is 11.4. The first-order valence-electron chi connectivity index (χ1n) is 12.0. The minimum absolute atomic E-state index is 0.261. The van der Waals surface area contributed by atoms with E-state index in [4.69, 9.17) is 25.6 Å². The highest BCUT2D eigenvalue weighted by atomic mass is 35.5. The summed E-state index contributed by atoms with van der Waals surface area (Å²) in [7, 11) is 0. The van der Waals surface area contributed by atoms with Crippen molar-refractivity contribution in [1.29, 1.82) is 0 Å². The first-order chi connectivity index (χ1) is 17.5. The molecule has 6 nitrogen and oxygen atoms in total. The summed E-state index contributed by atoms with van der Waals surface area (Å²) < 4.78 is 18.2. The van der Waals surface area contributed by atoms with E-state index in [1.54, 1.807) is 18.2 Å². The lowest BCUT2D eigenvalue weighted by atomic mass is 10.0. The SMILES string of the molecule is Cc1cccc(Cl)c1-c1noc(C2CC2)c1COc1ccc2c(c1)Oc1ccc(C(=O)O)cc1CC2. The highest BCUT2D eigenvalue weighted by Crippen LogP contribution is 2.45. The van der Waals surface area contributed by atoms with Gasteiger partial charge in [0.1, 0.15) is 35.3 Å². The van der Waals surface area contributed by atoms with Gasteiger partial charge < -0.3 is 19.1 Å². The molecule has 0 atom stereocenters. The highest BCUT2D eigenvalue weighted by molar-refractivity contribution is 6.33. The molecule has 0 radical (unpaired) electrons. The van der Waals surface area contributed by atoms with Crippen LogP contribution in [0.25, 0.3) is 11.3 Å². The van der Waals surface area contributed by atoms with Crippen molar-refractivity contribution in [2.45, 2.75) is 45.1 Å². The van der Waals surface area contributed by atoms with Crippen LogP contribution in [0.3, 0.4) is 0 Å². The Morgan fingerprint density at radius 2 is 1.92 bits per heavy atom. The Balaban J connectivity index is 1.28. The maximum Gasteiger partial charge on any atom is 0.335 e. The third kappa shape index (κ3) is 4.22. The van der Waals surface area contributed by atoms with Crippen LogP contribution in [0.5, 0.6) is 17.2 Å². The molecule has 0 saturated heterocycles. The van der Waals surface area contributed by atoms with Gasteiger partial charge in [0.2, 0.25) is 0 Å². The lowest BCUT2D eigenvalue weighted by molar-refractivity contribution is 0.0696. The number of carboxylic acids is 1. The quantitative estimate of drug-likeness (QED) is 0.297. The molecule has 1 aromatic heterocycles. The molecule has 6 rings (SSSR count). The second-order valence-electron chi connectivity index (χ2n) is 9.37. The Hall–Kier alpha value is -3.77. The molecule has 36 heavy (non-hydrogen) atoms. The summed E-state index contributed by atoms with van der Waals surface area (Å²) in [5.41, 5.74) is 5.75. The number of ether oxygens (including phenoxy) is 2. The lowest BCUT2D eigenvalue weighted by Gasteiger charge is -2.13. The Kier molecular flexibility index (Phi) is 5.69. The third-order valence-electron chi connectivity index (χ3n) is 6.84. The predicted molar refractivity (Wildman–Crippen MR) is 135 cm³/mol. The number of nitrogens with zero attached hydrogens (tertiary/aromatic N) is 1. The molecule has 0 unspecified atom stereocenters. The number of carboxylic acid groups (broad SMARTS) is 1. The molecule has 3 aromatic carbocycles. The molecule has 2 heterocycles. The number of aromatic carboxylic acids is 1. The van der Waals surface area contributed by atoms with Gasteiger partial charge in [-0.25, -0.2) is 4.79 Å². The van der Waals surface area contributed by atoms with Gasteiger partial charge in [0.05, 0.1) is 16.1 Å². The van der Waals surface area contributed by atoms with Gasteiger partial charge in [-0.3, -0.25) is 0 Å². The maximum atomic E-state index is 11.4. The smallest absolute Gasteiger partial charge is 0.335 e. The van der Waals surface area contributed by atoms with Crippen molar-refractivity contribution >= 4 is 17.6 Å². The second kappa shape index (κ2) is 9.03. The molecule has 4 aromatic rings. The van der Waals surface area contributed by atoms with Crippen molar-refractivity contribution in [1.82, 2.24) is 5.16 Å². The van der Waals surface area contributed by atoms with Gasteiger partial charge in [-0.2, -0.15) is 0 Å². The van der Waals surface area contributed by atoms with Crippen LogP contribution in [0.2, 0.25) is 5.02 Å². The summed E-state index contributed by atoms with van der Waals surface area (Å²) in [6.45, 7) is 2.31. The number of halogens is 1. The molecule has 1 saturated carbocycles. The van der Waals surface area contributed by atoms with Crippen LogP contribution in [0.4, 0.5) is 0 Å². The van der Waals surface area contributed by atoms with Gasteiger partial charge in [0.25, 0.3) is 0 Å². The average molecular weight is 502 g/mol. The molecule has 0 spiro atoms. The highest BCUT2D eigenvalue weighted by Gasteiger charge is 2.33. The van der Waals surface area contributed by atoms with Crippen molar-refractivity contribution in [3.05, 3.63) is 93.2 Å². The number of carbonyl (C=O) groups is 1. The Morgan fingerprint density at radius 1 is 1.08 bits per heavy atom. The zero-order valence-corrected chi connectivity index (χ0v) is 20.5. The summed E-state index contributed by atoms with van der Waals surface area (Å²) in [6, 6.07) is 16.6. The normalized spacial score (nSPS) is 14.4. The number of benzene rings is 3. The van der Waals surface area contributed by atoms with Gasteiger partial charge in [-0.05, 0) is 79.6 Å². The van der Waals surface area contributed by atoms with E-state index in [2.05, 4.69) is 5.16 Å². The van der Waals surface area contributed by atoms with E-state index in [-0.39, 0.29) is 5.56 Å². The summed E-state index contributed by atoms with van der Waals surface area (Å²) in [5, 5.41) is 14.3. The van der Waals surface area contributed by atoms with E-state index in [0.717, 1.165) is 58.5 Å². The molecular weight excluding hydrogens is 478 g/mol. The number of hydrogen-bond donors (Lipinski definition) is 1. The van der Waals surface area contributed by atoms with Crippen LogP contribution in [-0.2, 0) is 19.4 Å². The summed E-state index contributed by atoms with van der Waals surface area (Å²) >= 11 is 6.55. The molecule has 1 N–H and O–H groups in total. The largest absolute Gasteiger partial charge is 0.489 e. The zero-order valence-electron chi connectivity index (χ0n) is 19.7. The van der Waals surface area contributed by atoms with Crippen molar-refractivity contribution < 1.29 is 23.9 Å². The van der Waals surface area contributed by atoms with Crippen LogP contribution in [0, 0.1) is 6.92 Å². The topological polar surface area (TPSA) is 81.8 Å². The molecule has 2 aliphatic rings. The summed E-state index contributed by atoms with van der Waals surface area (Å²) in [5.74, 6) is 2.35. The van der Waals surface area contributed by atoms with Gasteiger partial charge in [0.15, 0.2) is 0 Å². The number of hydrogen-bond acceptors (Lipinski definition) is 5. The minimum atomic E-state index is -0.944. The van der Waals surface area contributed by atoms with Gasteiger partial charge >= 0.3 is 5.97 Å². The van der Waals surface area contributed by atoms with Gasteiger partial charge in [-0.1, -0.05) is 35.0 Å². The Morgan fingerprint density at radius 3 is 2.69 bits per heavy atom. The number of rotatable bonds is 6. The van der Waals surface area contributed by atoms with E-state index < -0.39 is 5.97 Å². The zero-order chi connectivity index (χ0) is 24.8. The number of aryl methyl sites for hydroxylation is 3. The first kappa shape index (κ1) is 22.7. The Bertz CT molecular complexity index is 1470. The van der Waals surface area contributed by atoms with Crippen LogP contribution >= 0.6 is 11.6 Å². The fourth-order valence-corrected chi connectivity index (χ4v) is 5.04. The van der Waals surface area contributed by atoms with E-state index in [1.165, 1.54) is 0 Å². The van der Waals surface area contributed by atoms with Crippen LogP contribution in [0.15, 0.2) is 59.1 Å². The molecule has 0 amide bonds. The van der Waals surface area contributed by atoms with Crippen LogP contribution in [0.1, 0.15) is 57.1 Å². The van der Waals surface area contributed by atoms with Crippen molar-refractivity contribution in [2.75, 3.05) is 0 Å². The first-order valence-corrected chi connectivity index (χ1v) is 12.4. The van der Waals surface area contributed by atoms with Crippen molar-refractivity contribution in [2.24, 2.45) is 0 Å². The molecule has 7 heteroatoms. The van der Waals surface area contributed by atoms with Crippen LogP contribution in [-0.4, -0.2) is 16.2 Å². The summed E-state index contributed by atoms with van der Waals surface area (Å²) in [6.07, 6.45) is 3.62. The molecule has 0 bridgehead atoms.